The molecule has 1 fully saturated rings. The monoisotopic (exact) mass is 302 g/mol. The molecular formula is C18H30N4. The van der Waals surface area contributed by atoms with Gasteiger partial charge in [-0.2, -0.15) is 0 Å². The van der Waals surface area contributed by atoms with Crippen LogP contribution in [-0.4, -0.2) is 38.0 Å². The van der Waals surface area contributed by atoms with Crippen LogP contribution in [0.4, 0.5) is 0 Å². The number of likely N-dealkylation sites (tertiary alicyclic amines) is 1. The first-order valence-corrected chi connectivity index (χ1v) is 8.29. The van der Waals surface area contributed by atoms with Gasteiger partial charge in [-0.25, -0.2) is 0 Å². The molecule has 0 aliphatic carbocycles. The van der Waals surface area contributed by atoms with E-state index < -0.39 is 0 Å². The minimum absolute atomic E-state index is 0.797. The van der Waals surface area contributed by atoms with Gasteiger partial charge in [0.1, 0.15) is 0 Å². The van der Waals surface area contributed by atoms with Crippen molar-refractivity contribution in [3.8, 4) is 0 Å². The second kappa shape index (κ2) is 8.18. The Balaban J connectivity index is 1.86. The Kier molecular flexibility index (Phi) is 6.25. The first kappa shape index (κ1) is 16.8. The van der Waals surface area contributed by atoms with Crippen LogP contribution >= 0.6 is 0 Å². The number of aliphatic imine (C=N–C) groups is 1. The maximum absolute atomic E-state index is 4.12. The lowest BCUT2D eigenvalue weighted by molar-refractivity contribution is 0.134. The fourth-order valence-electron chi connectivity index (χ4n) is 3.41. The lowest BCUT2D eigenvalue weighted by atomic mass is 9.91. The Bertz CT molecular complexity index is 470. The molecule has 0 saturated carbocycles. The molecule has 22 heavy (non-hydrogen) atoms. The summed E-state index contributed by atoms with van der Waals surface area (Å²) in [7, 11) is 3.65. The highest BCUT2D eigenvalue weighted by Gasteiger charge is 2.21. The molecule has 0 radical (unpaired) electrons. The van der Waals surface area contributed by atoms with Crippen LogP contribution in [0, 0.1) is 11.8 Å². The average molecular weight is 302 g/mol. The highest BCUT2D eigenvalue weighted by molar-refractivity contribution is 5.79. The summed E-state index contributed by atoms with van der Waals surface area (Å²) in [6.45, 7) is 9.06. The summed E-state index contributed by atoms with van der Waals surface area (Å²) >= 11 is 0. The fourth-order valence-corrected chi connectivity index (χ4v) is 3.41. The molecule has 2 rings (SSSR count). The fraction of sp³-hybridized carbons (Fsp3) is 0.611. The van der Waals surface area contributed by atoms with Crippen molar-refractivity contribution in [1.82, 2.24) is 15.5 Å². The summed E-state index contributed by atoms with van der Waals surface area (Å²) in [6.07, 6.45) is 1.37. The van der Waals surface area contributed by atoms with Gasteiger partial charge >= 0.3 is 0 Å². The Hall–Kier alpha value is -1.55. The predicted molar refractivity (Wildman–Crippen MR) is 93.9 cm³/mol. The molecule has 2 atom stereocenters. The van der Waals surface area contributed by atoms with Gasteiger partial charge in [0.25, 0.3) is 0 Å². The van der Waals surface area contributed by atoms with Gasteiger partial charge in [0.05, 0.1) is 0 Å². The molecule has 0 spiro atoms. The quantitative estimate of drug-likeness (QED) is 0.663. The van der Waals surface area contributed by atoms with Crippen molar-refractivity contribution in [2.24, 2.45) is 16.8 Å². The number of benzene rings is 1. The minimum Gasteiger partial charge on any atom is -0.359 e. The molecule has 1 saturated heterocycles. The van der Waals surface area contributed by atoms with Gasteiger partial charge in [0.15, 0.2) is 5.96 Å². The largest absolute Gasteiger partial charge is 0.359 e. The molecule has 1 heterocycles. The first-order chi connectivity index (χ1) is 10.6. The van der Waals surface area contributed by atoms with E-state index in [1.54, 1.807) is 7.05 Å². The molecule has 0 amide bonds. The second-order valence-electron chi connectivity index (χ2n) is 6.63. The number of piperidine rings is 1. The van der Waals surface area contributed by atoms with Crippen LogP contribution in [0.1, 0.15) is 31.4 Å². The third kappa shape index (κ3) is 5.02. The number of nitrogens with one attached hydrogen (secondary N) is 2. The van der Waals surface area contributed by atoms with Crippen LogP contribution in [0.3, 0.4) is 0 Å². The number of rotatable bonds is 4. The number of hydrogen-bond donors (Lipinski definition) is 2. The summed E-state index contributed by atoms with van der Waals surface area (Å²) in [5.74, 6) is 2.46. The number of guanidine groups is 1. The maximum atomic E-state index is 4.12. The molecule has 4 nitrogen and oxygen atoms in total. The Morgan fingerprint density at radius 1 is 1.14 bits per heavy atom. The van der Waals surface area contributed by atoms with Crippen molar-refractivity contribution in [2.45, 2.75) is 33.4 Å². The molecule has 2 unspecified atom stereocenters. The zero-order chi connectivity index (χ0) is 15.9. The third-order valence-electron chi connectivity index (χ3n) is 4.29. The number of hydrogen-bond acceptors (Lipinski definition) is 2. The highest BCUT2D eigenvalue weighted by atomic mass is 15.1. The van der Waals surface area contributed by atoms with E-state index in [-0.39, 0.29) is 0 Å². The summed E-state index contributed by atoms with van der Waals surface area (Å²) < 4.78 is 0. The van der Waals surface area contributed by atoms with Gasteiger partial charge in [-0.3, -0.25) is 9.89 Å². The van der Waals surface area contributed by atoms with E-state index in [2.05, 4.69) is 58.6 Å². The molecule has 4 heteroatoms. The lowest BCUT2D eigenvalue weighted by Crippen LogP contribution is -2.38. The van der Waals surface area contributed by atoms with Crippen molar-refractivity contribution in [3.05, 3.63) is 35.4 Å². The summed E-state index contributed by atoms with van der Waals surface area (Å²) in [4.78, 5) is 6.71. The summed E-state index contributed by atoms with van der Waals surface area (Å²) in [5.41, 5.74) is 2.68. The molecule has 2 N–H and O–H groups in total. The van der Waals surface area contributed by atoms with E-state index in [1.165, 1.54) is 30.6 Å². The molecule has 1 aromatic rings. The molecule has 0 bridgehead atoms. The minimum atomic E-state index is 0.797. The summed E-state index contributed by atoms with van der Waals surface area (Å²) in [5, 5.41) is 6.30. The van der Waals surface area contributed by atoms with E-state index in [1.807, 2.05) is 7.05 Å². The molecule has 122 valence electrons. The predicted octanol–water partition coefficient (Wildman–Crippen LogP) is 2.46. The van der Waals surface area contributed by atoms with Crippen molar-refractivity contribution in [2.75, 3.05) is 27.2 Å². The Morgan fingerprint density at radius 2 is 1.73 bits per heavy atom. The van der Waals surface area contributed by atoms with Crippen LogP contribution < -0.4 is 10.6 Å². The van der Waals surface area contributed by atoms with Crippen LogP contribution in [0.15, 0.2) is 29.3 Å². The van der Waals surface area contributed by atoms with Gasteiger partial charge in [0.2, 0.25) is 0 Å². The molecule has 1 aliphatic rings. The van der Waals surface area contributed by atoms with Gasteiger partial charge < -0.3 is 10.6 Å². The normalized spacial score (nSPS) is 23.4. The van der Waals surface area contributed by atoms with E-state index in [9.17, 15) is 0 Å². The Morgan fingerprint density at radius 3 is 2.27 bits per heavy atom. The third-order valence-corrected chi connectivity index (χ3v) is 4.29. The van der Waals surface area contributed by atoms with Crippen LogP contribution in [-0.2, 0) is 13.1 Å². The van der Waals surface area contributed by atoms with Gasteiger partial charge in [-0.15, -0.1) is 0 Å². The van der Waals surface area contributed by atoms with E-state index in [0.29, 0.717) is 0 Å². The number of nitrogens with zero attached hydrogens (tertiary/aromatic N) is 2. The molecule has 0 aromatic heterocycles. The smallest absolute Gasteiger partial charge is 0.190 e. The van der Waals surface area contributed by atoms with E-state index in [4.69, 9.17) is 0 Å². The van der Waals surface area contributed by atoms with E-state index >= 15 is 0 Å². The molecule has 1 aliphatic heterocycles. The zero-order valence-electron chi connectivity index (χ0n) is 14.4. The van der Waals surface area contributed by atoms with Crippen molar-refractivity contribution >= 4 is 5.96 Å². The first-order valence-electron chi connectivity index (χ1n) is 8.29. The second-order valence-corrected chi connectivity index (χ2v) is 6.63. The van der Waals surface area contributed by atoms with Crippen LogP contribution in [0.2, 0.25) is 0 Å². The standard InChI is InChI=1S/C18H30N4/c1-14-9-15(2)12-22(11-14)13-17-7-5-16(6-8-17)10-21-18(19-3)20-4/h5-8,14-15H,9-13H2,1-4H3,(H2,19,20,21). The zero-order valence-corrected chi connectivity index (χ0v) is 14.4. The van der Waals surface area contributed by atoms with Gasteiger partial charge in [-0.1, -0.05) is 38.1 Å². The van der Waals surface area contributed by atoms with Crippen molar-refractivity contribution in [3.63, 3.8) is 0 Å². The molecule has 1 aromatic carbocycles. The van der Waals surface area contributed by atoms with Gasteiger partial charge in [-0.05, 0) is 29.4 Å². The van der Waals surface area contributed by atoms with Crippen LogP contribution in [0.25, 0.3) is 0 Å². The SMILES string of the molecule is CN=C(NC)NCc1ccc(CN2CC(C)CC(C)C2)cc1. The highest BCUT2D eigenvalue weighted by Crippen LogP contribution is 2.22. The Labute approximate surface area is 135 Å². The topological polar surface area (TPSA) is 39.7 Å². The van der Waals surface area contributed by atoms with Crippen LogP contribution in [0.5, 0.6) is 0 Å². The van der Waals surface area contributed by atoms with Crippen molar-refractivity contribution in [1.29, 1.82) is 0 Å². The van der Waals surface area contributed by atoms with E-state index in [0.717, 1.165) is 30.9 Å². The average Bonchev–Trinajstić information content (AvgIpc) is 2.49. The lowest BCUT2D eigenvalue weighted by Gasteiger charge is -2.35. The maximum Gasteiger partial charge on any atom is 0.190 e. The van der Waals surface area contributed by atoms with Gasteiger partial charge in [0, 0.05) is 40.3 Å². The summed E-state index contributed by atoms with van der Waals surface area (Å²) in [6, 6.07) is 8.93. The van der Waals surface area contributed by atoms with Crippen molar-refractivity contribution < 1.29 is 0 Å². The molecular weight excluding hydrogens is 272 g/mol.